The Morgan fingerprint density at radius 3 is 2.17 bits per heavy atom. The first-order chi connectivity index (χ1) is 19.0. The molecule has 0 saturated carbocycles. The summed E-state index contributed by atoms with van der Waals surface area (Å²) in [6.45, 7) is 12.1. The average molecular weight is 619 g/mol. The van der Waals surface area contributed by atoms with Crippen LogP contribution in [0.4, 0.5) is 5.69 Å². The zero-order valence-electron chi connectivity index (χ0n) is 24.5. The fourth-order valence-electron chi connectivity index (χ4n) is 4.25. The van der Waals surface area contributed by atoms with Gasteiger partial charge in [0.05, 0.1) is 10.6 Å². The van der Waals surface area contributed by atoms with Crippen molar-refractivity contribution in [1.29, 1.82) is 0 Å². The molecule has 0 saturated heterocycles. The molecule has 3 aromatic rings. The first-order valence-electron chi connectivity index (χ1n) is 13.2. The van der Waals surface area contributed by atoms with Gasteiger partial charge >= 0.3 is 0 Å². The predicted molar refractivity (Wildman–Crippen MR) is 166 cm³/mol. The van der Waals surface area contributed by atoms with E-state index in [4.69, 9.17) is 23.2 Å². The second kappa shape index (κ2) is 12.8. The summed E-state index contributed by atoms with van der Waals surface area (Å²) in [6, 6.07) is 15.7. The van der Waals surface area contributed by atoms with Gasteiger partial charge in [0.1, 0.15) is 12.6 Å². The number of nitrogens with one attached hydrogen (secondary N) is 1. The van der Waals surface area contributed by atoms with E-state index in [1.54, 1.807) is 49.4 Å². The molecule has 0 spiro atoms. The fourth-order valence-corrected chi connectivity index (χ4v) is 6.19. The summed E-state index contributed by atoms with van der Waals surface area (Å²) < 4.78 is 29.2. The SMILES string of the molecule is Cc1ccc(S(=O)(=O)N(CC(=O)N(Cc2ccc(Cl)cc2Cl)[C@@H](C)C(=O)NC(C)(C)C)c2cccc(C)c2C)cc1. The Labute approximate surface area is 253 Å². The average Bonchev–Trinajstić information content (AvgIpc) is 2.87. The van der Waals surface area contributed by atoms with Crippen molar-refractivity contribution < 1.29 is 18.0 Å². The van der Waals surface area contributed by atoms with Crippen LogP contribution in [0, 0.1) is 20.8 Å². The minimum absolute atomic E-state index is 0.0290. The minimum Gasteiger partial charge on any atom is -0.350 e. The van der Waals surface area contributed by atoms with Crippen LogP contribution in [0.2, 0.25) is 10.0 Å². The van der Waals surface area contributed by atoms with Crippen molar-refractivity contribution in [2.24, 2.45) is 0 Å². The van der Waals surface area contributed by atoms with Gasteiger partial charge in [0, 0.05) is 22.1 Å². The molecule has 2 amide bonds. The van der Waals surface area contributed by atoms with Gasteiger partial charge in [0.25, 0.3) is 10.0 Å². The normalized spacial score (nSPS) is 12.5. The summed E-state index contributed by atoms with van der Waals surface area (Å²) in [4.78, 5) is 28.8. The maximum atomic E-state index is 14.1. The highest BCUT2D eigenvalue weighted by Crippen LogP contribution is 2.30. The third kappa shape index (κ3) is 8.03. The van der Waals surface area contributed by atoms with Crippen molar-refractivity contribution in [2.75, 3.05) is 10.8 Å². The molecule has 0 fully saturated rings. The van der Waals surface area contributed by atoms with Gasteiger partial charge in [-0.05, 0) is 95.5 Å². The molecule has 0 radical (unpaired) electrons. The van der Waals surface area contributed by atoms with E-state index in [2.05, 4.69) is 5.32 Å². The largest absolute Gasteiger partial charge is 0.350 e. The maximum Gasteiger partial charge on any atom is 0.264 e. The summed E-state index contributed by atoms with van der Waals surface area (Å²) in [6.07, 6.45) is 0. The van der Waals surface area contributed by atoms with Crippen LogP contribution in [0.5, 0.6) is 0 Å². The van der Waals surface area contributed by atoms with E-state index < -0.39 is 34.1 Å². The van der Waals surface area contributed by atoms with Crippen LogP contribution in [-0.4, -0.2) is 43.3 Å². The van der Waals surface area contributed by atoms with Crippen LogP contribution in [0.15, 0.2) is 65.6 Å². The van der Waals surface area contributed by atoms with Crippen LogP contribution in [0.25, 0.3) is 0 Å². The molecule has 0 aliphatic rings. The Hall–Kier alpha value is -3.07. The molecule has 3 aromatic carbocycles. The van der Waals surface area contributed by atoms with Crippen molar-refractivity contribution in [3.8, 4) is 0 Å². The summed E-state index contributed by atoms with van der Waals surface area (Å²) >= 11 is 12.5. The van der Waals surface area contributed by atoms with Crippen LogP contribution < -0.4 is 9.62 Å². The number of aryl methyl sites for hydroxylation is 2. The fraction of sp³-hybridized carbons (Fsp3) is 0.355. The van der Waals surface area contributed by atoms with Gasteiger partial charge in [-0.3, -0.25) is 13.9 Å². The van der Waals surface area contributed by atoms with Crippen molar-refractivity contribution in [3.63, 3.8) is 0 Å². The monoisotopic (exact) mass is 617 g/mol. The first kappa shape index (κ1) is 32.4. The molecule has 0 unspecified atom stereocenters. The lowest BCUT2D eigenvalue weighted by molar-refractivity contribution is -0.140. The molecule has 0 aliphatic carbocycles. The Kier molecular flexibility index (Phi) is 10.2. The summed E-state index contributed by atoms with van der Waals surface area (Å²) in [5.74, 6) is -0.945. The second-order valence-electron chi connectivity index (χ2n) is 11.2. The molecular weight excluding hydrogens is 581 g/mol. The zero-order chi connectivity index (χ0) is 30.7. The Morgan fingerprint density at radius 2 is 1.59 bits per heavy atom. The van der Waals surface area contributed by atoms with Crippen LogP contribution in [0.1, 0.15) is 49.9 Å². The highest BCUT2D eigenvalue weighted by Gasteiger charge is 2.34. The molecule has 0 bridgehead atoms. The maximum absolute atomic E-state index is 14.1. The second-order valence-corrected chi connectivity index (χ2v) is 13.9. The number of halogens is 2. The quantitative estimate of drug-likeness (QED) is 0.299. The number of rotatable bonds is 9. The van der Waals surface area contributed by atoms with Crippen LogP contribution in [-0.2, 0) is 26.2 Å². The van der Waals surface area contributed by atoms with Crippen LogP contribution in [0.3, 0.4) is 0 Å². The first-order valence-corrected chi connectivity index (χ1v) is 15.4. The molecule has 7 nitrogen and oxygen atoms in total. The molecule has 3 rings (SSSR count). The number of carbonyl (C=O) groups excluding carboxylic acids is 2. The number of amides is 2. The molecule has 220 valence electrons. The zero-order valence-corrected chi connectivity index (χ0v) is 26.8. The Balaban J connectivity index is 2.10. The van der Waals surface area contributed by atoms with E-state index in [0.29, 0.717) is 21.3 Å². The smallest absolute Gasteiger partial charge is 0.264 e. The Morgan fingerprint density at radius 1 is 0.951 bits per heavy atom. The number of sulfonamides is 1. The van der Waals surface area contributed by atoms with Gasteiger partial charge in [0.2, 0.25) is 11.8 Å². The molecule has 10 heteroatoms. The van der Waals surface area contributed by atoms with E-state index >= 15 is 0 Å². The van der Waals surface area contributed by atoms with E-state index in [0.717, 1.165) is 21.0 Å². The van der Waals surface area contributed by atoms with E-state index in [-0.39, 0.29) is 17.3 Å². The lowest BCUT2D eigenvalue weighted by atomic mass is 10.1. The van der Waals surface area contributed by atoms with Gasteiger partial charge < -0.3 is 10.2 Å². The lowest BCUT2D eigenvalue weighted by Gasteiger charge is -2.34. The van der Waals surface area contributed by atoms with Crippen molar-refractivity contribution in [1.82, 2.24) is 10.2 Å². The standard InChI is InChI=1S/C31H37Cl2N3O4S/c1-20-11-15-26(16-12-20)41(39,40)36(28-10-8-9-21(2)22(28)3)19-29(37)35(23(4)30(38)34-31(5,6)7)18-24-13-14-25(32)17-27(24)33/h8-17,23H,18-19H2,1-7H3,(H,34,38)/t23-/m0/s1. The van der Waals surface area contributed by atoms with E-state index in [1.807, 2.05) is 47.6 Å². The molecule has 41 heavy (non-hydrogen) atoms. The number of benzene rings is 3. The Bertz CT molecular complexity index is 1530. The summed E-state index contributed by atoms with van der Waals surface area (Å²) in [5.41, 5.74) is 2.92. The van der Waals surface area contributed by atoms with Crippen molar-refractivity contribution in [2.45, 2.75) is 71.5 Å². The molecule has 0 aromatic heterocycles. The topological polar surface area (TPSA) is 86.8 Å². The number of carbonyl (C=O) groups is 2. The highest BCUT2D eigenvalue weighted by molar-refractivity contribution is 7.92. The van der Waals surface area contributed by atoms with Gasteiger partial charge in [-0.25, -0.2) is 8.42 Å². The van der Waals surface area contributed by atoms with Crippen molar-refractivity contribution in [3.05, 3.63) is 93.0 Å². The number of hydrogen-bond acceptors (Lipinski definition) is 4. The van der Waals surface area contributed by atoms with Crippen molar-refractivity contribution >= 4 is 50.7 Å². The van der Waals surface area contributed by atoms with Gasteiger partial charge in [-0.1, -0.05) is 59.1 Å². The summed E-state index contributed by atoms with van der Waals surface area (Å²) in [5, 5.41) is 3.67. The molecule has 1 atom stereocenters. The molecule has 0 heterocycles. The molecule has 1 N–H and O–H groups in total. The number of hydrogen-bond donors (Lipinski definition) is 1. The molecular formula is C31H37Cl2N3O4S. The number of nitrogens with zero attached hydrogens (tertiary/aromatic N) is 2. The minimum atomic E-state index is -4.16. The highest BCUT2D eigenvalue weighted by atomic mass is 35.5. The number of anilines is 1. The lowest BCUT2D eigenvalue weighted by Crippen LogP contribution is -2.54. The third-order valence-corrected chi connectivity index (χ3v) is 9.11. The predicted octanol–water partition coefficient (Wildman–Crippen LogP) is 6.45. The van der Waals surface area contributed by atoms with Gasteiger partial charge in [-0.15, -0.1) is 0 Å². The van der Waals surface area contributed by atoms with Crippen LogP contribution >= 0.6 is 23.2 Å². The summed E-state index contributed by atoms with van der Waals surface area (Å²) in [7, 11) is -4.16. The van der Waals surface area contributed by atoms with Gasteiger partial charge in [-0.2, -0.15) is 0 Å². The van der Waals surface area contributed by atoms with Gasteiger partial charge in [0.15, 0.2) is 0 Å². The van der Waals surface area contributed by atoms with E-state index in [1.165, 1.54) is 17.0 Å². The van der Waals surface area contributed by atoms with E-state index in [9.17, 15) is 18.0 Å². The molecule has 0 aliphatic heterocycles. The third-order valence-electron chi connectivity index (χ3n) is 6.75.